The lowest BCUT2D eigenvalue weighted by Crippen LogP contribution is -2.45. The van der Waals surface area contributed by atoms with E-state index in [0.717, 1.165) is 55.2 Å². The summed E-state index contributed by atoms with van der Waals surface area (Å²) >= 11 is 0. The van der Waals surface area contributed by atoms with Gasteiger partial charge in [-0.15, -0.1) is 0 Å². The quantitative estimate of drug-likeness (QED) is 0.217. The molecular formula is C24H29N7O2. The van der Waals surface area contributed by atoms with Gasteiger partial charge in [0.05, 0.1) is 6.54 Å². The number of hydrogen-bond acceptors (Lipinski definition) is 5. The molecule has 172 valence electrons. The van der Waals surface area contributed by atoms with Crippen LogP contribution in [0.15, 0.2) is 41.4 Å². The molecule has 1 unspecified atom stereocenters. The number of nitrogen functional groups attached to an aromatic ring is 1. The second-order valence-corrected chi connectivity index (χ2v) is 8.52. The van der Waals surface area contributed by atoms with Crippen molar-refractivity contribution in [2.24, 2.45) is 4.99 Å². The van der Waals surface area contributed by atoms with Crippen molar-refractivity contribution in [2.45, 2.75) is 38.1 Å². The minimum atomic E-state index is -0.654. The Morgan fingerprint density at radius 3 is 2.64 bits per heavy atom. The SMILES string of the molecule is N#CNC(=NC1CCCCN(CC(=O)N2CCCC2)C1=O)Nc1ccc2ccc(N)cc2c1. The normalized spacial score (nSPS) is 19.3. The van der Waals surface area contributed by atoms with E-state index < -0.39 is 6.04 Å². The summed E-state index contributed by atoms with van der Waals surface area (Å²) in [7, 11) is 0. The predicted octanol–water partition coefficient (Wildman–Crippen LogP) is 2.26. The highest BCUT2D eigenvalue weighted by atomic mass is 16.2. The Hall–Kier alpha value is -3.80. The van der Waals surface area contributed by atoms with Gasteiger partial charge in [0, 0.05) is 31.0 Å². The van der Waals surface area contributed by atoms with E-state index in [9.17, 15) is 14.9 Å². The Balaban J connectivity index is 1.51. The van der Waals surface area contributed by atoms with Crippen LogP contribution in [0.5, 0.6) is 0 Å². The Kier molecular flexibility index (Phi) is 6.93. The van der Waals surface area contributed by atoms with Gasteiger partial charge in [0.1, 0.15) is 6.04 Å². The molecule has 0 saturated carbocycles. The third kappa shape index (κ3) is 5.52. The molecule has 4 rings (SSSR count). The number of fused-ring (bicyclic) bond motifs is 1. The summed E-state index contributed by atoms with van der Waals surface area (Å²) in [5.74, 6) is 0.0200. The molecule has 2 amide bonds. The van der Waals surface area contributed by atoms with Gasteiger partial charge in [0.2, 0.25) is 17.8 Å². The summed E-state index contributed by atoms with van der Waals surface area (Å²) in [6, 6.07) is 10.7. The number of likely N-dealkylation sites (tertiary alicyclic amines) is 2. The number of benzene rings is 2. The highest BCUT2D eigenvalue weighted by Crippen LogP contribution is 2.22. The van der Waals surface area contributed by atoms with Crippen LogP contribution < -0.4 is 16.4 Å². The molecule has 0 aliphatic carbocycles. The van der Waals surface area contributed by atoms with Crippen molar-refractivity contribution in [3.05, 3.63) is 36.4 Å². The Bertz CT molecular complexity index is 1100. The van der Waals surface area contributed by atoms with Crippen LogP contribution in [0.1, 0.15) is 32.1 Å². The van der Waals surface area contributed by atoms with Crippen molar-refractivity contribution in [3.63, 3.8) is 0 Å². The Labute approximate surface area is 193 Å². The highest BCUT2D eigenvalue weighted by molar-refractivity contribution is 5.99. The summed E-state index contributed by atoms with van der Waals surface area (Å²) in [4.78, 5) is 33.8. The lowest BCUT2D eigenvalue weighted by Gasteiger charge is -2.25. The lowest BCUT2D eigenvalue weighted by atomic mass is 10.1. The van der Waals surface area contributed by atoms with Crippen molar-refractivity contribution < 1.29 is 9.59 Å². The van der Waals surface area contributed by atoms with Crippen LogP contribution in [0.25, 0.3) is 10.8 Å². The van der Waals surface area contributed by atoms with E-state index in [1.165, 1.54) is 0 Å². The molecule has 9 heteroatoms. The van der Waals surface area contributed by atoms with Crippen LogP contribution in [-0.2, 0) is 9.59 Å². The van der Waals surface area contributed by atoms with E-state index in [0.29, 0.717) is 18.7 Å². The number of carbonyl (C=O) groups excluding carboxylic acids is 2. The van der Waals surface area contributed by atoms with Crippen LogP contribution in [0.2, 0.25) is 0 Å². The molecule has 2 aromatic carbocycles. The fourth-order valence-electron chi connectivity index (χ4n) is 4.38. The predicted molar refractivity (Wildman–Crippen MR) is 128 cm³/mol. The van der Waals surface area contributed by atoms with Crippen molar-refractivity contribution in [1.82, 2.24) is 15.1 Å². The van der Waals surface area contributed by atoms with E-state index in [1.54, 1.807) is 4.90 Å². The van der Waals surface area contributed by atoms with Gasteiger partial charge in [-0.1, -0.05) is 12.1 Å². The number of nitrogens with two attached hydrogens (primary N) is 1. The number of hydrogen-bond donors (Lipinski definition) is 3. The average molecular weight is 448 g/mol. The van der Waals surface area contributed by atoms with Crippen LogP contribution in [-0.4, -0.2) is 59.8 Å². The molecule has 2 aromatic rings. The smallest absolute Gasteiger partial charge is 0.247 e. The number of anilines is 2. The first-order valence-electron chi connectivity index (χ1n) is 11.4. The highest BCUT2D eigenvalue weighted by Gasteiger charge is 2.30. The number of aliphatic imine (C=N–C) groups is 1. The third-order valence-electron chi connectivity index (χ3n) is 6.12. The van der Waals surface area contributed by atoms with Gasteiger partial charge >= 0.3 is 0 Å². The number of rotatable bonds is 4. The summed E-state index contributed by atoms with van der Waals surface area (Å²) in [6.07, 6.45) is 6.14. The fraction of sp³-hybridized carbons (Fsp3) is 0.417. The Morgan fingerprint density at radius 2 is 1.85 bits per heavy atom. The van der Waals surface area contributed by atoms with Crippen LogP contribution >= 0.6 is 0 Å². The van der Waals surface area contributed by atoms with Gasteiger partial charge in [-0.25, -0.2) is 4.99 Å². The monoisotopic (exact) mass is 447 g/mol. The van der Waals surface area contributed by atoms with E-state index in [2.05, 4.69) is 15.6 Å². The average Bonchev–Trinajstić information content (AvgIpc) is 3.29. The maximum atomic E-state index is 13.2. The zero-order chi connectivity index (χ0) is 23.2. The van der Waals surface area contributed by atoms with Gasteiger partial charge in [-0.05, 0) is 67.1 Å². The molecule has 2 aliphatic heterocycles. The zero-order valence-corrected chi connectivity index (χ0v) is 18.6. The molecule has 0 aromatic heterocycles. The van der Waals surface area contributed by atoms with Crippen LogP contribution in [0, 0.1) is 11.5 Å². The molecule has 2 aliphatic rings. The molecule has 0 bridgehead atoms. The first-order valence-corrected chi connectivity index (χ1v) is 11.4. The molecule has 4 N–H and O–H groups in total. The molecule has 9 nitrogen and oxygen atoms in total. The van der Waals surface area contributed by atoms with Crippen molar-refractivity contribution in [1.29, 1.82) is 5.26 Å². The second-order valence-electron chi connectivity index (χ2n) is 8.52. The molecule has 0 radical (unpaired) electrons. The maximum Gasteiger partial charge on any atom is 0.247 e. The first-order chi connectivity index (χ1) is 16.0. The number of carbonyl (C=O) groups is 2. The molecule has 1 atom stereocenters. The summed E-state index contributed by atoms with van der Waals surface area (Å²) in [5, 5.41) is 16.9. The number of nitrogens with one attached hydrogen (secondary N) is 2. The Morgan fingerprint density at radius 1 is 1.09 bits per heavy atom. The van der Waals surface area contributed by atoms with E-state index in [4.69, 9.17) is 5.73 Å². The van der Waals surface area contributed by atoms with E-state index >= 15 is 0 Å². The first kappa shape index (κ1) is 22.4. The van der Waals surface area contributed by atoms with E-state index in [-0.39, 0.29) is 24.3 Å². The van der Waals surface area contributed by atoms with Crippen molar-refractivity contribution in [3.8, 4) is 6.19 Å². The summed E-state index contributed by atoms with van der Waals surface area (Å²) in [6.45, 7) is 2.16. The molecule has 33 heavy (non-hydrogen) atoms. The number of nitriles is 1. The molecule has 2 heterocycles. The van der Waals surface area contributed by atoms with Gasteiger partial charge in [0.15, 0.2) is 6.19 Å². The van der Waals surface area contributed by atoms with Gasteiger partial charge in [-0.2, -0.15) is 5.26 Å². The third-order valence-corrected chi connectivity index (χ3v) is 6.12. The molecule has 2 saturated heterocycles. The standard InChI is InChI=1S/C24H29N7O2/c25-16-27-24(28-20-9-7-17-6-8-19(26)13-18(17)14-20)29-21-5-1-2-12-31(23(21)33)15-22(32)30-10-3-4-11-30/h6-9,13-14,21H,1-5,10-12,15,26H2,(H2,27,28,29). The minimum absolute atomic E-state index is 0.00517. The lowest BCUT2D eigenvalue weighted by molar-refractivity contribution is -0.140. The van der Waals surface area contributed by atoms with Crippen molar-refractivity contribution in [2.75, 3.05) is 37.2 Å². The molecule has 0 spiro atoms. The number of amides is 2. The van der Waals surface area contributed by atoms with Gasteiger partial charge in [-0.3, -0.25) is 14.9 Å². The largest absolute Gasteiger partial charge is 0.399 e. The minimum Gasteiger partial charge on any atom is -0.399 e. The summed E-state index contributed by atoms with van der Waals surface area (Å²) < 4.78 is 0. The zero-order valence-electron chi connectivity index (χ0n) is 18.6. The second kappa shape index (κ2) is 10.2. The maximum absolute atomic E-state index is 13.2. The summed E-state index contributed by atoms with van der Waals surface area (Å²) in [5.41, 5.74) is 7.28. The number of guanidine groups is 1. The van der Waals surface area contributed by atoms with Crippen LogP contribution in [0.4, 0.5) is 11.4 Å². The van der Waals surface area contributed by atoms with Gasteiger partial charge in [0.25, 0.3) is 0 Å². The van der Waals surface area contributed by atoms with Gasteiger partial charge < -0.3 is 20.9 Å². The van der Waals surface area contributed by atoms with Crippen molar-refractivity contribution >= 4 is 39.9 Å². The number of nitrogens with zero attached hydrogens (tertiary/aromatic N) is 4. The van der Waals surface area contributed by atoms with E-state index in [1.807, 2.05) is 47.5 Å². The topological polar surface area (TPSA) is 127 Å². The van der Waals surface area contributed by atoms with Crippen LogP contribution in [0.3, 0.4) is 0 Å². The molecular weight excluding hydrogens is 418 g/mol. The molecule has 2 fully saturated rings. The fourth-order valence-corrected chi connectivity index (χ4v) is 4.38.